The molecule has 2 atom stereocenters. The number of ether oxygens (including phenoxy) is 1. The Kier molecular flexibility index (Phi) is 7.49. The molecule has 46 heavy (non-hydrogen) atoms. The number of rotatable bonds is 7. The molecule has 3 saturated heterocycles. The standard InChI is InChI=1S/C32H29ClF3N7O2S/c1-3-23(44)42-13-17(14-42)41(2)28-19-9-21(33)24(18-5-6-22(35)29-27(18)40-31(38)46-29)25(36)26(19)39-30(20(28)11-37)45-15-32-7-4-8-43(32)12-16(34)10-32/h3,5-6,9,16-17H,1,4,7-8,10,12-15H2,2H3,(H2,38,40). The largest absolute Gasteiger partial charge is 0.475 e. The van der Waals surface area contributed by atoms with Gasteiger partial charge in [-0.2, -0.15) is 5.26 Å². The molecule has 2 aromatic heterocycles. The summed E-state index contributed by atoms with van der Waals surface area (Å²) in [4.78, 5) is 26.5. The van der Waals surface area contributed by atoms with E-state index in [2.05, 4.69) is 27.5 Å². The van der Waals surface area contributed by atoms with Crippen molar-refractivity contribution in [3.63, 3.8) is 0 Å². The fourth-order valence-electron chi connectivity index (χ4n) is 7.15. The number of benzene rings is 2. The number of nitriles is 1. The summed E-state index contributed by atoms with van der Waals surface area (Å²) in [7, 11) is 1.75. The highest BCUT2D eigenvalue weighted by atomic mass is 35.5. The lowest BCUT2D eigenvalue weighted by Crippen LogP contribution is -2.60. The molecule has 238 valence electrons. The van der Waals surface area contributed by atoms with Gasteiger partial charge in [-0.3, -0.25) is 9.69 Å². The SMILES string of the molecule is C=CC(=O)N1CC(N(C)c2c(C#N)c(OCC34CCCN3CC(F)C4)nc3c(F)c(-c4ccc(F)c5sc(N)nc45)c(Cl)cc23)C1. The van der Waals surface area contributed by atoms with E-state index in [1.54, 1.807) is 11.9 Å². The molecule has 1 amide bonds. The summed E-state index contributed by atoms with van der Waals surface area (Å²) in [6.07, 6.45) is 2.18. The van der Waals surface area contributed by atoms with Crippen LogP contribution in [0.2, 0.25) is 5.02 Å². The molecular formula is C32H29ClF3N7O2S. The van der Waals surface area contributed by atoms with Crippen molar-refractivity contribution >= 4 is 60.8 Å². The van der Waals surface area contributed by atoms with Crippen LogP contribution in [0.1, 0.15) is 24.8 Å². The van der Waals surface area contributed by atoms with Crippen LogP contribution in [0.4, 0.5) is 24.0 Å². The number of hydrogen-bond donors (Lipinski definition) is 1. The number of pyridine rings is 1. The Labute approximate surface area is 271 Å². The summed E-state index contributed by atoms with van der Waals surface area (Å²) in [5, 5.41) is 10.8. The molecule has 9 nitrogen and oxygen atoms in total. The van der Waals surface area contributed by atoms with E-state index in [0.29, 0.717) is 31.7 Å². The Morgan fingerprint density at radius 2 is 2.11 bits per heavy atom. The van der Waals surface area contributed by atoms with E-state index in [-0.39, 0.29) is 72.4 Å². The number of carbonyl (C=O) groups is 1. The van der Waals surface area contributed by atoms with Crippen molar-refractivity contribution in [3.05, 3.63) is 53.1 Å². The molecule has 0 bridgehead atoms. The highest BCUT2D eigenvalue weighted by molar-refractivity contribution is 7.22. The maximum absolute atomic E-state index is 16.9. The van der Waals surface area contributed by atoms with Crippen LogP contribution in [0.25, 0.3) is 32.2 Å². The number of alkyl halides is 1. The van der Waals surface area contributed by atoms with Crippen molar-refractivity contribution in [2.45, 2.75) is 37.0 Å². The molecule has 0 aliphatic carbocycles. The first-order valence-corrected chi connectivity index (χ1v) is 16.0. The fourth-order valence-corrected chi connectivity index (χ4v) is 8.21. The van der Waals surface area contributed by atoms with Crippen molar-refractivity contribution in [1.82, 2.24) is 19.8 Å². The molecule has 2 aromatic carbocycles. The van der Waals surface area contributed by atoms with Crippen LogP contribution in [0, 0.1) is 23.0 Å². The first kappa shape index (κ1) is 30.5. The second-order valence-electron chi connectivity index (χ2n) is 12.1. The predicted octanol–water partition coefficient (Wildman–Crippen LogP) is 5.69. The number of anilines is 2. The molecule has 0 spiro atoms. The zero-order valence-corrected chi connectivity index (χ0v) is 26.4. The fraction of sp³-hybridized carbons (Fsp3) is 0.375. The van der Waals surface area contributed by atoms with Gasteiger partial charge in [0.1, 0.15) is 35.7 Å². The molecule has 5 heterocycles. The van der Waals surface area contributed by atoms with Gasteiger partial charge in [0.05, 0.1) is 32.5 Å². The van der Waals surface area contributed by atoms with Gasteiger partial charge in [-0.25, -0.2) is 23.1 Å². The minimum absolute atomic E-state index is 0.00371. The summed E-state index contributed by atoms with van der Waals surface area (Å²) in [6.45, 7) is 5.40. The molecular weight excluding hydrogens is 639 g/mol. The summed E-state index contributed by atoms with van der Waals surface area (Å²) in [6, 6.07) is 6.11. The number of likely N-dealkylation sites (tertiary alicyclic amines) is 1. The van der Waals surface area contributed by atoms with E-state index < -0.39 is 23.3 Å². The first-order valence-electron chi connectivity index (χ1n) is 14.8. The summed E-state index contributed by atoms with van der Waals surface area (Å²) in [5.41, 5.74) is 5.97. The number of carbonyl (C=O) groups excluding carboxylic acids is 1. The van der Waals surface area contributed by atoms with E-state index in [1.807, 2.05) is 4.90 Å². The third kappa shape index (κ3) is 4.73. The number of halogens is 4. The van der Waals surface area contributed by atoms with E-state index in [1.165, 1.54) is 24.3 Å². The summed E-state index contributed by atoms with van der Waals surface area (Å²) in [5.74, 6) is -1.67. The van der Waals surface area contributed by atoms with Gasteiger partial charge in [0.2, 0.25) is 11.8 Å². The van der Waals surface area contributed by atoms with Crippen molar-refractivity contribution in [2.24, 2.45) is 0 Å². The van der Waals surface area contributed by atoms with Crippen molar-refractivity contribution < 1.29 is 22.7 Å². The van der Waals surface area contributed by atoms with Gasteiger partial charge < -0.3 is 20.3 Å². The quantitative estimate of drug-likeness (QED) is 0.251. The Hall–Kier alpha value is -4.12. The zero-order valence-electron chi connectivity index (χ0n) is 24.8. The maximum Gasteiger partial charge on any atom is 0.246 e. The normalized spacial score (nSPS) is 21.4. The van der Waals surface area contributed by atoms with E-state index in [0.717, 1.165) is 30.7 Å². The van der Waals surface area contributed by atoms with Crippen molar-refractivity contribution in [3.8, 4) is 23.1 Å². The van der Waals surface area contributed by atoms with Gasteiger partial charge in [0, 0.05) is 49.6 Å². The molecule has 3 fully saturated rings. The molecule has 3 aliphatic rings. The van der Waals surface area contributed by atoms with E-state index >= 15 is 4.39 Å². The lowest BCUT2D eigenvalue weighted by molar-refractivity contribution is -0.130. The van der Waals surface area contributed by atoms with Crippen LogP contribution >= 0.6 is 22.9 Å². The molecule has 14 heteroatoms. The summed E-state index contributed by atoms with van der Waals surface area (Å²) >= 11 is 7.72. The number of fused-ring (bicyclic) bond motifs is 3. The number of nitrogens with two attached hydrogens (primary N) is 1. The molecule has 0 radical (unpaired) electrons. The average Bonchev–Trinajstić information content (AvgIpc) is 3.67. The van der Waals surface area contributed by atoms with Crippen molar-refractivity contribution in [2.75, 3.05) is 50.5 Å². The molecule has 3 aliphatic heterocycles. The Balaban J connectivity index is 1.39. The highest BCUT2D eigenvalue weighted by Crippen LogP contribution is 2.46. The van der Waals surface area contributed by atoms with Crippen LogP contribution in [-0.4, -0.2) is 83.3 Å². The van der Waals surface area contributed by atoms with Gasteiger partial charge in [-0.05, 0) is 43.7 Å². The van der Waals surface area contributed by atoms with Gasteiger partial charge >= 0.3 is 0 Å². The third-order valence-electron chi connectivity index (χ3n) is 9.49. The maximum atomic E-state index is 16.9. The second kappa shape index (κ2) is 11.3. The molecule has 2 unspecified atom stereocenters. The summed E-state index contributed by atoms with van der Waals surface area (Å²) < 4.78 is 52.4. The number of nitrogens with zero attached hydrogens (tertiary/aromatic N) is 6. The van der Waals surface area contributed by atoms with Crippen LogP contribution < -0.4 is 15.4 Å². The number of likely N-dealkylation sites (N-methyl/N-ethyl adjacent to an activating group) is 1. The van der Waals surface area contributed by atoms with Crippen molar-refractivity contribution in [1.29, 1.82) is 5.26 Å². The lowest BCUT2D eigenvalue weighted by atomic mass is 9.94. The molecule has 7 rings (SSSR count). The van der Waals surface area contributed by atoms with Crippen LogP contribution in [-0.2, 0) is 4.79 Å². The van der Waals surface area contributed by atoms with Gasteiger partial charge in [0.15, 0.2) is 10.9 Å². The average molecular weight is 668 g/mol. The predicted molar refractivity (Wildman–Crippen MR) is 172 cm³/mol. The van der Waals surface area contributed by atoms with Crippen LogP contribution in [0.3, 0.4) is 0 Å². The van der Waals surface area contributed by atoms with E-state index in [9.17, 15) is 18.8 Å². The minimum atomic E-state index is -0.986. The zero-order chi connectivity index (χ0) is 32.5. The Morgan fingerprint density at radius 1 is 1.33 bits per heavy atom. The smallest absolute Gasteiger partial charge is 0.246 e. The van der Waals surface area contributed by atoms with Crippen LogP contribution in [0.15, 0.2) is 30.9 Å². The first-order chi connectivity index (χ1) is 22.0. The van der Waals surface area contributed by atoms with Gasteiger partial charge in [-0.1, -0.05) is 29.5 Å². The molecule has 0 saturated carbocycles. The van der Waals surface area contributed by atoms with E-state index in [4.69, 9.17) is 22.1 Å². The Morgan fingerprint density at radius 3 is 2.85 bits per heavy atom. The number of nitrogen functional groups attached to an aromatic ring is 1. The lowest BCUT2D eigenvalue weighted by Gasteiger charge is -2.45. The monoisotopic (exact) mass is 667 g/mol. The Bertz CT molecular complexity index is 1980. The topological polar surface area (TPSA) is 112 Å². The number of amides is 1. The number of hydrogen-bond acceptors (Lipinski definition) is 9. The minimum Gasteiger partial charge on any atom is -0.475 e. The number of thiazole rings is 1. The third-order valence-corrected chi connectivity index (χ3v) is 10.7. The van der Waals surface area contributed by atoms with Gasteiger partial charge in [0.25, 0.3) is 0 Å². The second-order valence-corrected chi connectivity index (χ2v) is 13.5. The van der Waals surface area contributed by atoms with Crippen LogP contribution in [0.5, 0.6) is 5.88 Å². The molecule has 4 aromatic rings. The molecule has 2 N–H and O–H groups in total. The number of aromatic nitrogens is 2. The van der Waals surface area contributed by atoms with Gasteiger partial charge in [-0.15, -0.1) is 0 Å². The highest BCUT2D eigenvalue weighted by Gasteiger charge is 2.49.